The van der Waals surface area contributed by atoms with Gasteiger partial charge >= 0.3 is 0 Å². The number of anilines is 1. The Morgan fingerprint density at radius 3 is 2.43 bits per heavy atom. The van der Waals surface area contributed by atoms with Gasteiger partial charge in [0.1, 0.15) is 11.6 Å². The van der Waals surface area contributed by atoms with Crippen molar-refractivity contribution < 1.29 is 19.4 Å². The molecule has 3 heterocycles. The van der Waals surface area contributed by atoms with E-state index in [1.54, 1.807) is 13.3 Å². The second kappa shape index (κ2) is 9.85. The van der Waals surface area contributed by atoms with E-state index >= 15 is 0 Å². The van der Waals surface area contributed by atoms with Crippen LogP contribution in [0, 0.1) is 6.92 Å². The Kier molecular flexibility index (Phi) is 6.65. The molecule has 3 aliphatic rings. The van der Waals surface area contributed by atoms with Crippen LogP contribution in [0.2, 0.25) is 0 Å². The zero-order chi connectivity index (χ0) is 24.5. The zero-order valence-corrected chi connectivity index (χ0v) is 20.4. The molecule has 3 N–H and O–H groups in total. The highest BCUT2D eigenvalue weighted by Crippen LogP contribution is 2.38. The van der Waals surface area contributed by atoms with Crippen molar-refractivity contribution in [3.63, 3.8) is 0 Å². The highest BCUT2D eigenvalue weighted by molar-refractivity contribution is 5.96. The maximum atomic E-state index is 13.0. The van der Waals surface area contributed by atoms with Gasteiger partial charge in [-0.2, -0.15) is 0 Å². The van der Waals surface area contributed by atoms with Crippen molar-refractivity contribution in [2.45, 2.75) is 82.1 Å². The maximum absolute atomic E-state index is 13.0. The van der Waals surface area contributed by atoms with Crippen molar-refractivity contribution in [1.29, 1.82) is 0 Å². The molecule has 5 rings (SSSR count). The van der Waals surface area contributed by atoms with E-state index in [1.807, 2.05) is 37.3 Å². The van der Waals surface area contributed by atoms with Crippen molar-refractivity contribution in [1.82, 2.24) is 15.6 Å². The number of benzene rings is 1. The molecule has 2 saturated heterocycles. The predicted molar refractivity (Wildman–Crippen MR) is 133 cm³/mol. The summed E-state index contributed by atoms with van der Waals surface area (Å²) in [6, 6.07) is 9.85. The summed E-state index contributed by atoms with van der Waals surface area (Å²) in [5.74, 6) is 1.35. The first-order valence-electron chi connectivity index (χ1n) is 12.6. The molecule has 1 aromatic heterocycles. The first-order valence-corrected chi connectivity index (χ1v) is 12.6. The van der Waals surface area contributed by atoms with E-state index in [0.29, 0.717) is 23.2 Å². The molecule has 35 heavy (non-hydrogen) atoms. The summed E-state index contributed by atoms with van der Waals surface area (Å²) in [6.45, 7) is 1.91. The van der Waals surface area contributed by atoms with Crippen LogP contribution in [0.15, 0.2) is 36.5 Å². The lowest BCUT2D eigenvalue weighted by Gasteiger charge is -2.40. The molecule has 2 aliphatic heterocycles. The van der Waals surface area contributed by atoms with Crippen LogP contribution in [0.1, 0.15) is 71.2 Å². The molecule has 5 atom stereocenters. The fourth-order valence-electron chi connectivity index (χ4n) is 6.05. The van der Waals surface area contributed by atoms with E-state index < -0.39 is 6.10 Å². The Morgan fingerprint density at radius 1 is 1.03 bits per heavy atom. The van der Waals surface area contributed by atoms with Crippen LogP contribution in [0.3, 0.4) is 0 Å². The highest BCUT2D eigenvalue weighted by atomic mass is 16.5. The highest BCUT2D eigenvalue weighted by Gasteiger charge is 2.42. The van der Waals surface area contributed by atoms with Gasteiger partial charge in [-0.1, -0.05) is 6.07 Å². The summed E-state index contributed by atoms with van der Waals surface area (Å²) in [7, 11) is 1.62. The van der Waals surface area contributed by atoms with Crippen LogP contribution in [0.25, 0.3) is 0 Å². The topological polar surface area (TPSA) is 104 Å². The van der Waals surface area contributed by atoms with Gasteiger partial charge < -0.3 is 25.4 Å². The van der Waals surface area contributed by atoms with Gasteiger partial charge in [-0.05, 0) is 76.1 Å². The molecule has 1 saturated carbocycles. The summed E-state index contributed by atoms with van der Waals surface area (Å²) in [6.07, 6.45) is 7.52. The zero-order valence-electron chi connectivity index (χ0n) is 20.4. The summed E-state index contributed by atoms with van der Waals surface area (Å²) in [4.78, 5) is 32.6. The molecule has 1 aromatic carbocycles. The molecular formula is C27H34N4O4. The minimum absolute atomic E-state index is 0.0554. The fraction of sp³-hybridized carbons (Fsp3) is 0.519. The van der Waals surface area contributed by atoms with Crippen LogP contribution in [-0.4, -0.2) is 59.3 Å². The van der Waals surface area contributed by atoms with Gasteiger partial charge in [0.2, 0.25) is 0 Å². The monoisotopic (exact) mass is 478 g/mol. The normalized spacial score (nSPS) is 27.5. The number of methoxy groups -OCH3 is 1. The third-order valence-electron chi connectivity index (χ3n) is 7.89. The fourth-order valence-corrected chi connectivity index (χ4v) is 6.05. The second-order valence-electron chi connectivity index (χ2n) is 10.1. The van der Waals surface area contributed by atoms with Crippen molar-refractivity contribution >= 4 is 17.6 Å². The number of aliphatic hydroxyl groups excluding tert-OH is 1. The lowest BCUT2D eigenvalue weighted by atomic mass is 9.96. The lowest BCUT2D eigenvalue weighted by Crippen LogP contribution is -2.50. The van der Waals surface area contributed by atoms with Crippen LogP contribution in [0.5, 0.6) is 5.75 Å². The summed E-state index contributed by atoms with van der Waals surface area (Å²) in [5.41, 5.74) is 2.01. The number of aliphatic hydroxyl groups is 1. The van der Waals surface area contributed by atoms with Crippen LogP contribution >= 0.6 is 0 Å². The molecule has 8 nitrogen and oxygen atoms in total. The molecular weight excluding hydrogens is 444 g/mol. The number of nitrogens with zero attached hydrogens (tertiary/aromatic N) is 2. The van der Waals surface area contributed by atoms with Gasteiger partial charge in [-0.3, -0.25) is 9.59 Å². The Labute approximate surface area is 206 Å². The van der Waals surface area contributed by atoms with Gasteiger partial charge in [-0.15, -0.1) is 0 Å². The van der Waals surface area contributed by atoms with Gasteiger partial charge in [0.15, 0.2) is 0 Å². The van der Waals surface area contributed by atoms with E-state index in [4.69, 9.17) is 4.74 Å². The van der Waals surface area contributed by atoms with Crippen LogP contribution in [0.4, 0.5) is 5.82 Å². The van der Waals surface area contributed by atoms with E-state index in [2.05, 4.69) is 20.5 Å². The number of aromatic nitrogens is 1. The minimum atomic E-state index is -0.462. The number of fused-ring (bicyclic) bond motifs is 2. The van der Waals surface area contributed by atoms with Gasteiger partial charge in [-0.25, -0.2) is 4.98 Å². The van der Waals surface area contributed by atoms with Crippen LogP contribution in [-0.2, 0) is 0 Å². The number of pyridine rings is 1. The number of nitrogens with one attached hydrogen (secondary N) is 2. The van der Waals surface area contributed by atoms with Crippen molar-refractivity contribution in [2.75, 3.05) is 12.0 Å². The Bertz CT molecular complexity index is 1080. The number of rotatable bonds is 6. The van der Waals surface area contributed by atoms with E-state index in [9.17, 15) is 14.7 Å². The lowest BCUT2D eigenvalue weighted by molar-refractivity contribution is 0.0872. The molecule has 3 fully saturated rings. The third-order valence-corrected chi connectivity index (χ3v) is 7.89. The van der Waals surface area contributed by atoms with Gasteiger partial charge in [0.05, 0.1) is 24.8 Å². The largest absolute Gasteiger partial charge is 0.496 e. The third kappa shape index (κ3) is 4.72. The number of hydrogen-bond acceptors (Lipinski definition) is 6. The molecule has 0 spiro atoms. The minimum Gasteiger partial charge on any atom is -0.496 e. The SMILES string of the molecule is COc1cccc(C(=O)N[C@H]2C[C@H]3CC[C@@H](C2)N3c2ccc(C(=O)N[C@H]3CCC[C@@H]3O)cn2)c1C. The predicted octanol–water partition coefficient (Wildman–Crippen LogP) is 2.97. The number of amides is 2. The van der Waals surface area contributed by atoms with Crippen molar-refractivity contribution in [2.24, 2.45) is 0 Å². The molecule has 2 bridgehead atoms. The van der Waals surface area contributed by atoms with Crippen LogP contribution < -0.4 is 20.3 Å². The first-order chi connectivity index (χ1) is 16.9. The van der Waals surface area contributed by atoms with E-state index in [0.717, 1.165) is 62.1 Å². The second-order valence-corrected chi connectivity index (χ2v) is 10.1. The summed E-state index contributed by atoms with van der Waals surface area (Å²) < 4.78 is 5.36. The van der Waals surface area contributed by atoms with Crippen molar-refractivity contribution in [3.05, 3.63) is 53.2 Å². The Hall–Kier alpha value is -3.13. The molecule has 2 aromatic rings. The average molecular weight is 479 g/mol. The number of carbonyl (C=O) groups excluding carboxylic acids is 2. The summed E-state index contributed by atoms with van der Waals surface area (Å²) >= 11 is 0. The van der Waals surface area contributed by atoms with Gasteiger partial charge in [0.25, 0.3) is 11.8 Å². The smallest absolute Gasteiger partial charge is 0.253 e. The number of piperidine rings is 1. The Balaban J connectivity index is 1.21. The molecule has 1 aliphatic carbocycles. The number of ether oxygens (including phenoxy) is 1. The molecule has 8 heteroatoms. The molecule has 2 amide bonds. The first kappa shape index (κ1) is 23.6. The Morgan fingerprint density at radius 2 is 1.80 bits per heavy atom. The van der Waals surface area contributed by atoms with Crippen molar-refractivity contribution in [3.8, 4) is 5.75 Å². The maximum Gasteiger partial charge on any atom is 0.253 e. The van der Waals surface area contributed by atoms with Gasteiger partial charge in [0, 0.05) is 35.4 Å². The van der Waals surface area contributed by atoms with E-state index in [-0.39, 0.29) is 23.9 Å². The number of carbonyl (C=O) groups is 2. The average Bonchev–Trinajstić information content (AvgIpc) is 3.38. The molecule has 186 valence electrons. The standard InChI is InChI=1S/C27H34N4O4/c1-16-21(5-3-8-24(16)35-2)27(34)29-18-13-19-10-11-20(14-18)31(19)25-12-9-17(15-28-25)26(33)30-22-6-4-7-23(22)32/h3,5,8-9,12,15,18-20,22-23,32H,4,6-7,10-11,13-14H2,1-2H3,(H,29,34)(H,30,33)/t18-,19+,20-,22-,23-/m0/s1. The molecule has 0 radical (unpaired) electrons. The molecule has 0 unspecified atom stereocenters. The summed E-state index contributed by atoms with van der Waals surface area (Å²) in [5, 5.41) is 16.2. The quantitative estimate of drug-likeness (QED) is 0.590. The van der Waals surface area contributed by atoms with E-state index in [1.165, 1.54) is 0 Å². The number of hydrogen-bond donors (Lipinski definition) is 3.